The predicted octanol–water partition coefficient (Wildman–Crippen LogP) is 4.25. The fraction of sp³-hybridized carbons (Fsp3) is 0.333. The Hall–Kier alpha value is -3.74. The average Bonchev–Trinajstić information content (AvgIpc) is 3.12. The van der Waals surface area contributed by atoms with E-state index in [4.69, 9.17) is 5.73 Å². The first kappa shape index (κ1) is 28.3. The van der Waals surface area contributed by atoms with E-state index in [2.05, 4.69) is 34.9 Å². The van der Waals surface area contributed by atoms with Crippen molar-refractivity contribution in [1.82, 2.24) is 15.5 Å². The summed E-state index contributed by atoms with van der Waals surface area (Å²) in [6.45, 7) is 4.26. The highest BCUT2D eigenvalue weighted by Gasteiger charge is 2.32. The van der Waals surface area contributed by atoms with E-state index in [0.717, 1.165) is 18.4 Å². The van der Waals surface area contributed by atoms with Gasteiger partial charge in [0.25, 0.3) is 0 Å². The summed E-state index contributed by atoms with van der Waals surface area (Å²) < 4.78 is 0. The molecule has 4 N–H and O–H groups in total. The summed E-state index contributed by atoms with van der Waals surface area (Å²) in [5, 5.41) is 6.55. The summed E-state index contributed by atoms with van der Waals surface area (Å²) in [6, 6.07) is 28.5. The number of aryl methyl sites for hydroxylation is 1. The van der Waals surface area contributed by atoms with Crippen LogP contribution in [0.25, 0.3) is 6.08 Å². The molecule has 2 amide bonds. The maximum Gasteiger partial charge on any atom is 0.244 e. The van der Waals surface area contributed by atoms with Gasteiger partial charge in [0.15, 0.2) is 0 Å². The SMILES string of the molecule is Cc1ccc(/C=C/C(=O)NC[C@@H]2CCN(CC(c3ccccc3)c3ccccc3)C(=O)[C@H](CCCN)N2)cc1. The van der Waals surface area contributed by atoms with E-state index >= 15 is 0 Å². The highest BCUT2D eigenvalue weighted by atomic mass is 16.2. The van der Waals surface area contributed by atoms with E-state index in [9.17, 15) is 9.59 Å². The number of nitrogens with one attached hydrogen (secondary N) is 2. The van der Waals surface area contributed by atoms with Crippen LogP contribution in [0.5, 0.6) is 0 Å². The summed E-state index contributed by atoms with van der Waals surface area (Å²) in [5.74, 6) is 0.0413. The third-order valence-electron chi connectivity index (χ3n) is 7.33. The molecule has 39 heavy (non-hydrogen) atoms. The fourth-order valence-electron chi connectivity index (χ4n) is 5.08. The standard InChI is InChI=1S/C33H40N4O2/c1-25-14-16-26(17-15-25)18-19-32(38)35-23-29-20-22-37(33(39)31(36-29)13-8-21-34)24-30(27-9-4-2-5-10-27)28-11-6-3-7-12-28/h2-7,9-12,14-19,29-31,36H,8,13,20-24,34H2,1H3,(H,35,38)/b19-18+/t29-,31-/m0/s1. The lowest BCUT2D eigenvalue weighted by molar-refractivity contribution is -0.133. The van der Waals surface area contributed by atoms with Gasteiger partial charge in [-0.15, -0.1) is 0 Å². The molecule has 3 aromatic carbocycles. The summed E-state index contributed by atoms with van der Waals surface area (Å²) >= 11 is 0. The van der Waals surface area contributed by atoms with Gasteiger partial charge in [-0.25, -0.2) is 0 Å². The monoisotopic (exact) mass is 524 g/mol. The Balaban J connectivity index is 1.44. The maximum absolute atomic E-state index is 13.7. The molecular weight excluding hydrogens is 484 g/mol. The van der Waals surface area contributed by atoms with E-state index in [1.54, 1.807) is 6.08 Å². The largest absolute Gasteiger partial charge is 0.351 e. The molecule has 0 aliphatic carbocycles. The van der Waals surface area contributed by atoms with Crippen molar-refractivity contribution in [2.45, 2.75) is 44.2 Å². The number of carbonyl (C=O) groups is 2. The van der Waals surface area contributed by atoms with Crippen molar-refractivity contribution in [3.63, 3.8) is 0 Å². The van der Waals surface area contributed by atoms with Crippen molar-refractivity contribution < 1.29 is 9.59 Å². The average molecular weight is 525 g/mol. The maximum atomic E-state index is 13.7. The fourth-order valence-corrected chi connectivity index (χ4v) is 5.08. The van der Waals surface area contributed by atoms with Crippen LogP contribution in [-0.4, -0.2) is 55.0 Å². The summed E-state index contributed by atoms with van der Waals surface area (Å²) in [4.78, 5) is 28.3. The van der Waals surface area contributed by atoms with E-state index in [0.29, 0.717) is 32.6 Å². The van der Waals surface area contributed by atoms with Crippen molar-refractivity contribution >= 4 is 17.9 Å². The molecule has 0 saturated carbocycles. The molecule has 0 bridgehead atoms. The van der Waals surface area contributed by atoms with Crippen LogP contribution in [0.3, 0.4) is 0 Å². The van der Waals surface area contributed by atoms with Crippen LogP contribution >= 0.6 is 0 Å². The van der Waals surface area contributed by atoms with Gasteiger partial charge in [-0.3, -0.25) is 9.59 Å². The molecule has 0 spiro atoms. The molecule has 1 heterocycles. The van der Waals surface area contributed by atoms with Crippen molar-refractivity contribution in [3.05, 3.63) is 113 Å². The first-order valence-corrected chi connectivity index (χ1v) is 13.9. The lowest BCUT2D eigenvalue weighted by Gasteiger charge is -2.29. The van der Waals surface area contributed by atoms with E-state index in [1.807, 2.05) is 78.6 Å². The Morgan fingerprint density at radius 1 is 1.03 bits per heavy atom. The van der Waals surface area contributed by atoms with Crippen molar-refractivity contribution in [3.8, 4) is 0 Å². The number of nitrogens with two attached hydrogens (primary N) is 1. The third kappa shape index (κ3) is 8.37. The van der Waals surface area contributed by atoms with Gasteiger partial charge in [0, 0.05) is 37.7 Å². The number of rotatable bonds is 11. The molecule has 0 aromatic heterocycles. The van der Waals surface area contributed by atoms with E-state index < -0.39 is 0 Å². The number of amides is 2. The van der Waals surface area contributed by atoms with E-state index in [1.165, 1.54) is 16.7 Å². The second-order valence-corrected chi connectivity index (χ2v) is 10.3. The molecule has 0 radical (unpaired) electrons. The number of carbonyl (C=O) groups excluding carboxylic acids is 2. The zero-order valence-electron chi connectivity index (χ0n) is 22.8. The molecule has 1 fully saturated rings. The normalized spacial score (nSPS) is 17.9. The van der Waals surface area contributed by atoms with Crippen LogP contribution in [-0.2, 0) is 9.59 Å². The Kier molecular flexibility index (Phi) is 10.5. The van der Waals surface area contributed by atoms with Crippen LogP contribution < -0.4 is 16.4 Å². The zero-order chi connectivity index (χ0) is 27.5. The summed E-state index contributed by atoms with van der Waals surface area (Å²) in [7, 11) is 0. The Labute approximate surface area is 232 Å². The number of benzene rings is 3. The first-order valence-electron chi connectivity index (χ1n) is 13.9. The molecule has 3 aromatic rings. The third-order valence-corrected chi connectivity index (χ3v) is 7.33. The number of nitrogens with zero attached hydrogens (tertiary/aromatic N) is 1. The molecule has 1 saturated heterocycles. The number of hydrogen-bond donors (Lipinski definition) is 3. The van der Waals surface area contributed by atoms with Crippen LogP contribution in [0.1, 0.15) is 47.4 Å². The molecule has 6 nitrogen and oxygen atoms in total. The molecule has 1 aliphatic rings. The second kappa shape index (κ2) is 14.4. The van der Waals surface area contributed by atoms with Gasteiger partial charge < -0.3 is 21.3 Å². The molecule has 0 unspecified atom stereocenters. The van der Waals surface area contributed by atoms with Crippen molar-refractivity contribution in [2.75, 3.05) is 26.2 Å². The first-order chi connectivity index (χ1) is 19.0. The molecule has 1 aliphatic heterocycles. The van der Waals surface area contributed by atoms with Gasteiger partial charge in [-0.1, -0.05) is 90.5 Å². The van der Waals surface area contributed by atoms with Crippen molar-refractivity contribution in [1.29, 1.82) is 0 Å². The summed E-state index contributed by atoms with van der Waals surface area (Å²) in [5.41, 5.74) is 10.4. The van der Waals surface area contributed by atoms with Crippen molar-refractivity contribution in [2.24, 2.45) is 5.73 Å². The van der Waals surface area contributed by atoms with Gasteiger partial charge in [0.1, 0.15) is 0 Å². The van der Waals surface area contributed by atoms with Crippen LogP contribution in [0.15, 0.2) is 91.0 Å². The minimum Gasteiger partial charge on any atom is -0.351 e. The molecular formula is C33H40N4O2. The van der Waals surface area contributed by atoms with Crippen LogP contribution in [0.4, 0.5) is 0 Å². The highest BCUT2D eigenvalue weighted by Crippen LogP contribution is 2.27. The second-order valence-electron chi connectivity index (χ2n) is 10.3. The van der Waals surface area contributed by atoms with Gasteiger partial charge in [0.05, 0.1) is 6.04 Å². The van der Waals surface area contributed by atoms with Gasteiger partial charge in [-0.05, 0) is 55.5 Å². The van der Waals surface area contributed by atoms with Gasteiger partial charge in [0.2, 0.25) is 11.8 Å². The topological polar surface area (TPSA) is 87.5 Å². The molecule has 6 heteroatoms. The minimum absolute atomic E-state index is 0.00894. The summed E-state index contributed by atoms with van der Waals surface area (Å²) in [6.07, 6.45) is 5.57. The van der Waals surface area contributed by atoms with Crippen LogP contribution in [0, 0.1) is 6.92 Å². The predicted molar refractivity (Wildman–Crippen MR) is 158 cm³/mol. The van der Waals surface area contributed by atoms with Crippen LogP contribution in [0.2, 0.25) is 0 Å². The minimum atomic E-state index is -0.326. The number of hydrogen-bond acceptors (Lipinski definition) is 4. The zero-order valence-corrected chi connectivity index (χ0v) is 22.8. The Bertz CT molecular complexity index is 1170. The highest BCUT2D eigenvalue weighted by molar-refractivity contribution is 5.91. The Morgan fingerprint density at radius 3 is 2.28 bits per heavy atom. The lowest BCUT2D eigenvalue weighted by atomic mass is 9.90. The lowest BCUT2D eigenvalue weighted by Crippen LogP contribution is -2.49. The Morgan fingerprint density at radius 2 is 1.67 bits per heavy atom. The van der Waals surface area contributed by atoms with Gasteiger partial charge >= 0.3 is 0 Å². The van der Waals surface area contributed by atoms with Gasteiger partial charge in [-0.2, -0.15) is 0 Å². The smallest absolute Gasteiger partial charge is 0.244 e. The molecule has 2 atom stereocenters. The molecule has 4 rings (SSSR count). The molecule has 204 valence electrons. The van der Waals surface area contributed by atoms with E-state index in [-0.39, 0.29) is 29.8 Å². The quantitative estimate of drug-likeness (QED) is 0.327.